The van der Waals surface area contributed by atoms with Crippen LogP contribution < -0.4 is 4.74 Å². The van der Waals surface area contributed by atoms with Gasteiger partial charge in [-0.05, 0) is 31.5 Å². The SMILES string of the molecule is CCN(Cc1ccc(OC)c(F)c1)C(=O)CN1C(=O)C(=O)N(CC)C1=O. The normalized spacial score (nSPS) is 14.2. The molecule has 1 aromatic rings. The Morgan fingerprint density at radius 1 is 1.15 bits per heavy atom. The zero-order chi connectivity index (χ0) is 19.4. The Balaban J connectivity index is 2.09. The van der Waals surface area contributed by atoms with Crippen molar-refractivity contribution in [3.63, 3.8) is 0 Å². The van der Waals surface area contributed by atoms with E-state index in [1.165, 1.54) is 24.1 Å². The van der Waals surface area contributed by atoms with Crippen LogP contribution in [0.15, 0.2) is 18.2 Å². The maximum atomic E-state index is 13.8. The summed E-state index contributed by atoms with van der Waals surface area (Å²) in [5.41, 5.74) is 0.531. The largest absolute Gasteiger partial charge is 0.494 e. The van der Waals surface area contributed by atoms with Crippen LogP contribution in [0.2, 0.25) is 0 Å². The minimum atomic E-state index is -1.02. The molecule has 0 spiro atoms. The van der Waals surface area contributed by atoms with Crippen LogP contribution in [0.4, 0.5) is 9.18 Å². The van der Waals surface area contributed by atoms with Crippen LogP contribution in [-0.2, 0) is 20.9 Å². The number of amides is 5. The third kappa shape index (κ3) is 3.66. The molecule has 1 saturated heterocycles. The van der Waals surface area contributed by atoms with Gasteiger partial charge in [-0.1, -0.05) is 6.07 Å². The van der Waals surface area contributed by atoms with Crippen LogP contribution in [0, 0.1) is 5.82 Å². The molecule has 0 saturated carbocycles. The first kappa shape index (κ1) is 19.4. The second-order valence-corrected chi connectivity index (χ2v) is 5.60. The van der Waals surface area contributed by atoms with Gasteiger partial charge >= 0.3 is 17.8 Å². The lowest BCUT2D eigenvalue weighted by atomic mass is 10.2. The van der Waals surface area contributed by atoms with Gasteiger partial charge < -0.3 is 9.64 Å². The summed E-state index contributed by atoms with van der Waals surface area (Å²) in [4.78, 5) is 50.9. The predicted octanol–water partition coefficient (Wildman–Crippen LogP) is 0.994. The number of halogens is 1. The number of nitrogens with zero attached hydrogens (tertiary/aromatic N) is 3. The number of likely N-dealkylation sites (N-methyl/N-ethyl adjacent to an activating group) is 2. The summed E-state index contributed by atoms with van der Waals surface area (Å²) in [6.45, 7) is 3.18. The van der Waals surface area contributed by atoms with E-state index in [4.69, 9.17) is 4.74 Å². The summed E-state index contributed by atoms with van der Waals surface area (Å²) in [5.74, 6) is -2.93. The predicted molar refractivity (Wildman–Crippen MR) is 88.5 cm³/mol. The Morgan fingerprint density at radius 2 is 1.81 bits per heavy atom. The number of benzene rings is 1. The van der Waals surface area contributed by atoms with E-state index >= 15 is 0 Å². The van der Waals surface area contributed by atoms with Gasteiger partial charge in [0.05, 0.1) is 7.11 Å². The van der Waals surface area contributed by atoms with Gasteiger partial charge in [-0.2, -0.15) is 0 Å². The standard InChI is InChI=1S/C17H20FN3O5/c1-4-19(9-11-6-7-13(26-3)12(18)8-11)14(22)10-21-16(24)15(23)20(5-2)17(21)25/h6-8H,4-5,9-10H2,1-3H3. The highest BCUT2D eigenvalue weighted by Crippen LogP contribution is 2.19. The van der Waals surface area contributed by atoms with Gasteiger partial charge in [0.2, 0.25) is 5.91 Å². The number of urea groups is 1. The molecule has 1 fully saturated rings. The lowest BCUT2D eigenvalue weighted by Gasteiger charge is -2.23. The second kappa shape index (κ2) is 7.94. The summed E-state index contributed by atoms with van der Waals surface area (Å²) in [6, 6.07) is 3.52. The van der Waals surface area contributed by atoms with Crippen LogP contribution in [-0.4, -0.2) is 65.2 Å². The van der Waals surface area contributed by atoms with Crippen molar-refractivity contribution >= 4 is 23.8 Å². The summed E-state index contributed by atoms with van der Waals surface area (Å²) in [6.07, 6.45) is 0. The first-order chi connectivity index (χ1) is 12.3. The Hall–Kier alpha value is -2.97. The Labute approximate surface area is 150 Å². The number of methoxy groups -OCH3 is 1. The van der Waals surface area contributed by atoms with Gasteiger partial charge in [-0.3, -0.25) is 19.3 Å². The molecule has 1 aliphatic heterocycles. The molecule has 0 atom stereocenters. The topological polar surface area (TPSA) is 87.2 Å². The number of imide groups is 2. The van der Waals surface area contributed by atoms with Crippen LogP contribution >= 0.6 is 0 Å². The molecule has 0 aliphatic carbocycles. The molecular formula is C17H20FN3O5. The number of hydrogen-bond acceptors (Lipinski definition) is 5. The van der Waals surface area contributed by atoms with Crippen molar-refractivity contribution in [3.8, 4) is 5.75 Å². The van der Waals surface area contributed by atoms with E-state index in [1.807, 2.05) is 0 Å². The average molecular weight is 365 g/mol. The Bertz CT molecular complexity index is 752. The quantitative estimate of drug-likeness (QED) is 0.531. The Morgan fingerprint density at radius 3 is 2.31 bits per heavy atom. The van der Waals surface area contributed by atoms with Crippen LogP contribution in [0.25, 0.3) is 0 Å². The average Bonchev–Trinajstić information content (AvgIpc) is 2.82. The number of ether oxygens (including phenoxy) is 1. The van der Waals surface area contributed by atoms with Gasteiger partial charge in [0.25, 0.3) is 0 Å². The monoisotopic (exact) mass is 365 g/mol. The van der Waals surface area contributed by atoms with Crippen molar-refractivity contribution in [3.05, 3.63) is 29.6 Å². The fraction of sp³-hybridized carbons (Fsp3) is 0.412. The van der Waals surface area contributed by atoms with Crippen molar-refractivity contribution in [1.82, 2.24) is 14.7 Å². The van der Waals surface area contributed by atoms with E-state index in [-0.39, 0.29) is 25.4 Å². The van der Waals surface area contributed by atoms with Crippen LogP contribution in [0.3, 0.4) is 0 Å². The molecule has 0 N–H and O–H groups in total. The van der Waals surface area contributed by atoms with E-state index in [9.17, 15) is 23.6 Å². The van der Waals surface area contributed by atoms with Crippen molar-refractivity contribution in [2.75, 3.05) is 26.7 Å². The number of rotatable bonds is 7. The smallest absolute Gasteiger partial charge is 0.334 e. The first-order valence-electron chi connectivity index (χ1n) is 8.11. The lowest BCUT2D eigenvalue weighted by molar-refractivity contribution is -0.144. The fourth-order valence-electron chi connectivity index (χ4n) is 2.61. The first-order valence-corrected chi connectivity index (χ1v) is 8.11. The minimum Gasteiger partial charge on any atom is -0.494 e. The molecule has 140 valence electrons. The van der Waals surface area contributed by atoms with Gasteiger partial charge in [0.1, 0.15) is 6.54 Å². The highest BCUT2D eigenvalue weighted by molar-refractivity contribution is 6.45. The molecule has 1 aromatic carbocycles. The van der Waals surface area contributed by atoms with Crippen LogP contribution in [0.5, 0.6) is 5.75 Å². The van der Waals surface area contributed by atoms with E-state index in [1.54, 1.807) is 19.9 Å². The number of hydrogen-bond donors (Lipinski definition) is 0. The number of carbonyl (C=O) groups is 4. The molecule has 26 heavy (non-hydrogen) atoms. The highest BCUT2D eigenvalue weighted by atomic mass is 19.1. The molecule has 0 aromatic heterocycles. The van der Waals surface area contributed by atoms with Crippen LogP contribution in [0.1, 0.15) is 19.4 Å². The molecule has 5 amide bonds. The van der Waals surface area contributed by atoms with Crippen molar-refractivity contribution in [2.45, 2.75) is 20.4 Å². The van der Waals surface area contributed by atoms with Crippen molar-refractivity contribution in [1.29, 1.82) is 0 Å². The maximum absolute atomic E-state index is 13.8. The Kier molecular flexibility index (Phi) is 5.91. The molecule has 8 nitrogen and oxygen atoms in total. The van der Waals surface area contributed by atoms with E-state index < -0.39 is 36.1 Å². The van der Waals surface area contributed by atoms with E-state index in [0.29, 0.717) is 10.5 Å². The highest BCUT2D eigenvalue weighted by Gasteiger charge is 2.44. The maximum Gasteiger partial charge on any atom is 0.334 e. The molecular weight excluding hydrogens is 345 g/mol. The summed E-state index contributed by atoms with van der Waals surface area (Å²) in [5, 5.41) is 0. The fourth-order valence-corrected chi connectivity index (χ4v) is 2.61. The van der Waals surface area contributed by atoms with Crippen molar-refractivity contribution < 1.29 is 28.3 Å². The van der Waals surface area contributed by atoms with Gasteiger partial charge in [0.15, 0.2) is 11.6 Å². The second-order valence-electron chi connectivity index (χ2n) is 5.60. The zero-order valence-electron chi connectivity index (χ0n) is 14.8. The molecule has 1 heterocycles. The molecule has 0 radical (unpaired) electrons. The van der Waals surface area contributed by atoms with E-state index in [2.05, 4.69) is 0 Å². The van der Waals surface area contributed by atoms with Gasteiger partial charge in [0, 0.05) is 19.6 Å². The van der Waals surface area contributed by atoms with Crippen molar-refractivity contribution in [2.24, 2.45) is 0 Å². The molecule has 0 unspecified atom stereocenters. The molecule has 9 heteroatoms. The lowest BCUT2D eigenvalue weighted by Crippen LogP contribution is -2.43. The molecule has 0 bridgehead atoms. The van der Waals surface area contributed by atoms with E-state index in [0.717, 1.165) is 4.90 Å². The third-order valence-electron chi connectivity index (χ3n) is 4.07. The zero-order valence-corrected chi connectivity index (χ0v) is 14.8. The molecule has 2 rings (SSSR count). The summed E-state index contributed by atoms with van der Waals surface area (Å²) < 4.78 is 18.6. The minimum absolute atomic E-state index is 0.0523. The van der Waals surface area contributed by atoms with Gasteiger partial charge in [-0.15, -0.1) is 0 Å². The third-order valence-corrected chi connectivity index (χ3v) is 4.07. The van der Waals surface area contributed by atoms with Gasteiger partial charge in [-0.25, -0.2) is 14.1 Å². The number of carbonyl (C=O) groups excluding carboxylic acids is 4. The molecule has 1 aliphatic rings. The summed E-state index contributed by atoms with van der Waals surface area (Å²) >= 11 is 0. The summed E-state index contributed by atoms with van der Waals surface area (Å²) in [7, 11) is 1.35.